The number of nitrogens with zero attached hydrogens (tertiary/aromatic N) is 3. The van der Waals surface area contributed by atoms with E-state index < -0.39 is 5.97 Å². The Labute approximate surface area is 151 Å². The third-order valence-corrected chi connectivity index (χ3v) is 4.10. The Balaban J connectivity index is 1.62. The second kappa shape index (κ2) is 6.84. The average molecular weight is 346 g/mol. The minimum atomic E-state index is -0.392. The van der Waals surface area contributed by atoms with Gasteiger partial charge in [-0.3, -0.25) is 0 Å². The molecule has 3 heterocycles. The van der Waals surface area contributed by atoms with Crippen LogP contribution in [0.4, 0.5) is 11.5 Å². The number of imidazole rings is 1. The molecule has 1 aromatic carbocycles. The Morgan fingerprint density at radius 1 is 1.31 bits per heavy atom. The van der Waals surface area contributed by atoms with Gasteiger partial charge in [0.1, 0.15) is 17.2 Å². The van der Waals surface area contributed by atoms with Crippen LogP contribution in [0.2, 0.25) is 0 Å². The van der Waals surface area contributed by atoms with Crippen LogP contribution in [0.3, 0.4) is 0 Å². The van der Waals surface area contributed by atoms with E-state index in [4.69, 9.17) is 4.74 Å². The molecular weight excluding hydrogens is 328 g/mol. The number of hydrogen-bond donors (Lipinski definition) is 1. The van der Waals surface area contributed by atoms with Crippen molar-refractivity contribution in [2.75, 3.05) is 11.9 Å². The molecular formula is C20H18N4O2. The first kappa shape index (κ1) is 16.1. The van der Waals surface area contributed by atoms with Gasteiger partial charge < -0.3 is 14.6 Å². The van der Waals surface area contributed by atoms with Crippen molar-refractivity contribution < 1.29 is 9.53 Å². The van der Waals surface area contributed by atoms with Crippen molar-refractivity contribution in [3.05, 3.63) is 66.3 Å². The summed E-state index contributed by atoms with van der Waals surface area (Å²) in [5.74, 6) is 1.04. The molecule has 3 aromatic rings. The molecule has 0 amide bonds. The van der Waals surface area contributed by atoms with E-state index in [0.717, 1.165) is 29.3 Å². The number of ether oxygens (including phenoxy) is 1. The van der Waals surface area contributed by atoms with Gasteiger partial charge in [0.2, 0.25) is 0 Å². The predicted octanol–water partition coefficient (Wildman–Crippen LogP) is 3.89. The molecule has 0 unspecified atom stereocenters. The Hall–Kier alpha value is -3.41. The van der Waals surface area contributed by atoms with Crippen LogP contribution in [-0.2, 0) is 11.3 Å². The maximum Gasteiger partial charge on any atom is 0.341 e. The van der Waals surface area contributed by atoms with Crippen LogP contribution in [-0.4, -0.2) is 27.1 Å². The Morgan fingerprint density at radius 3 is 3.08 bits per heavy atom. The van der Waals surface area contributed by atoms with E-state index in [9.17, 15) is 4.79 Å². The monoisotopic (exact) mass is 346 g/mol. The fraction of sp³-hybridized carbons (Fsp3) is 0.150. The quantitative estimate of drug-likeness (QED) is 0.710. The number of aromatic nitrogens is 3. The number of nitrogens with one attached hydrogen (secondary N) is 1. The zero-order chi connectivity index (χ0) is 17.9. The molecule has 6 heteroatoms. The van der Waals surface area contributed by atoms with Crippen LogP contribution in [0.5, 0.6) is 0 Å². The van der Waals surface area contributed by atoms with Gasteiger partial charge in [-0.1, -0.05) is 18.2 Å². The van der Waals surface area contributed by atoms with Gasteiger partial charge in [-0.2, -0.15) is 0 Å². The summed E-state index contributed by atoms with van der Waals surface area (Å²) in [5.41, 5.74) is 3.15. The first-order valence-electron chi connectivity index (χ1n) is 8.48. The van der Waals surface area contributed by atoms with E-state index in [1.807, 2.05) is 36.5 Å². The molecule has 0 fully saturated rings. The minimum absolute atomic E-state index is 0.322. The molecule has 0 bridgehead atoms. The number of benzene rings is 1. The fourth-order valence-corrected chi connectivity index (χ4v) is 2.89. The van der Waals surface area contributed by atoms with Crippen LogP contribution in [0.1, 0.15) is 23.1 Å². The van der Waals surface area contributed by atoms with Gasteiger partial charge in [0.25, 0.3) is 0 Å². The summed E-state index contributed by atoms with van der Waals surface area (Å²) >= 11 is 0. The molecule has 130 valence electrons. The number of hydrogen-bond acceptors (Lipinski definition) is 5. The van der Waals surface area contributed by atoms with Gasteiger partial charge in [0.15, 0.2) is 0 Å². The van der Waals surface area contributed by atoms with Crippen molar-refractivity contribution in [3.63, 3.8) is 0 Å². The predicted molar refractivity (Wildman–Crippen MR) is 100 cm³/mol. The number of rotatable bonds is 5. The number of carbonyl (C=O) groups excluding carboxylic acids is 1. The van der Waals surface area contributed by atoms with Gasteiger partial charge in [-0.05, 0) is 37.3 Å². The number of allylic oxidation sites excluding steroid dienone is 1. The molecule has 0 aliphatic carbocycles. The summed E-state index contributed by atoms with van der Waals surface area (Å²) in [4.78, 5) is 21.0. The van der Waals surface area contributed by atoms with E-state index in [1.165, 1.54) is 0 Å². The van der Waals surface area contributed by atoms with Crippen molar-refractivity contribution >= 4 is 23.6 Å². The maximum atomic E-state index is 12.1. The highest BCUT2D eigenvalue weighted by Crippen LogP contribution is 2.26. The normalized spacial score (nSPS) is 12.0. The SMILES string of the molecule is CCOC(=O)c1cccnc1Nc1cccc(-c2cn3c(n2)C=CC3)c1. The van der Waals surface area contributed by atoms with Gasteiger partial charge in [0, 0.05) is 30.2 Å². The summed E-state index contributed by atoms with van der Waals surface area (Å²) in [6, 6.07) is 11.3. The van der Waals surface area contributed by atoms with E-state index in [2.05, 4.69) is 25.9 Å². The van der Waals surface area contributed by atoms with Crippen LogP contribution in [0, 0.1) is 0 Å². The minimum Gasteiger partial charge on any atom is -0.462 e. The Morgan fingerprint density at radius 2 is 2.23 bits per heavy atom. The molecule has 0 saturated heterocycles. The lowest BCUT2D eigenvalue weighted by atomic mass is 10.1. The third-order valence-electron chi connectivity index (χ3n) is 4.10. The van der Waals surface area contributed by atoms with Crippen molar-refractivity contribution in [3.8, 4) is 11.3 Å². The number of esters is 1. The van der Waals surface area contributed by atoms with Gasteiger partial charge >= 0.3 is 5.97 Å². The largest absolute Gasteiger partial charge is 0.462 e. The molecule has 4 rings (SSSR count). The number of fused-ring (bicyclic) bond motifs is 1. The van der Waals surface area contributed by atoms with Crippen molar-refractivity contribution in [1.82, 2.24) is 14.5 Å². The van der Waals surface area contributed by atoms with Crippen LogP contribution in [0.15, 0.2) is 54.9 Å². The van der Waals surface area contributed by atoms with Gasteiger partial charge in [-0.15, -0.1) is 0 Å². The van der Waals surface area contributed by atoms with E-state index in [-0.39, 0.29) is 0 Å². The summed E-state index contributed by atoms with van der Waals surface area (Å²) < 4.78 is 7.20. The van der Waals surface area contributed by atoms with Crippen molar-refractivity contribution in [1.29, 1.82) is 0 Å². The van der Waals surface area contributed by atoms with Crippen LogP contribution < -0.4 is 5.32 Å². The van der Waals surface area contributed by atoms with E-state index in [1.54, 1.807) is 25.3 Å². The smallest absolute Gasteiger partial charge is 0.341 e. The molecule has 2 aromatic heterocycles. The molecule has 0 saturated carbocycles. The molecule has 26 heavy (non-hydrogen) atoms. The lowest BCUT2D eigenvalue weighted by Crippen LogP contribution is -2.09. The molecule has 0 spiro atoms. The first-order chi connectivity index (χ1) is 12.7. The average Bonchev–Trinajstić information content (AvgIpc) is 3.25. The van der Waals surface area contributed by atoms with Crippen LogP contribution in [0.25, 0.3) is 17.3 Å². The highest BCUT2D eigenvalue weighted by Gasteiger charge is 2.14. The molecule has 1 N–H and O–H groups in total. The van der Waals surface area contributed by atoms with E-state index >= 15 is 0 Å². The molecule has 0 atom stereocenters. The molecule has 6 nitrogen and oxygen atoms in total. The molecule has 0 radical (unpaired) electrons. The summed E-state index contributed by atoms with van der Waals surface area (Å²) in [6.45, 7) is 2.96. The second-order valence-corrected chi connectivity index (χ2v) is 5.86. The zero-order valence-corrected chi connectivity index (χ0v) is 14.3. The maximum absolute atomic E-state index is 12.1. The lowest BCUT2D eigenvalue weighted by molar-refractivity contribution is 0.0527. The highest BCUT2D eigenvalue weighted by molar-refractivity contribution is 5.95. The highest BCUT2D eigenvalue weighted by atomic mass is 16.5. The second-order valence-electron chi connectivity index (χ2n) is 5.86. The number of anilines is 2. The fourth-order valence-electron chi connectivity index (χ4n) is 2.89. The van der Waals surface area contributed by atoms with Gasteiger partial charge in [-0.25, -0.2) is 14.8 Å². The van der Waals surface area contributed by atoms with Crippen LogP contribution >= 0.6 is 0 Å². The first-order valence-corrected chi connectivity index (χ1v) is 8.48. The lowest BCUT2D eigenvalue weighted by Gasteiger charge is -2.11. The van der Waals surface area contributed by atoms with Gasteiger partial charge in [0.05, 0.1) is 12.3 Å². The Bertz CT molecular complexity index is 991. The van der Waals surface area contributed by atoms with Crippen molar-refractivity contribution in [2.45, 2.75) is 13.5 Å². The Kier molecular flexibility index (Phi) is 4.23. The zero-order valence-electron chi connectivity index (χ0n) is 14.3. The molecule has 1 aliphatic rings. The third kappa shape index (κ3) is 3.09. The van der Waals surface area contributed by atoms with E-state index in [0.29, 0.717) is 18.0 Å². The standard InChI is InChI=1S/C20H18N4O2/c1-2-26-20(25)16-8-4-10-21-19(16)22-15-7-3-6-14(12-15)17-13-24-11-5-9-18(24)23-17/h3-10,12-13H,2,11H2,1H3,(H,21,22). The topological polar surface area (TPSA) is 69.0 Å². The van der Waals surface area contributed by atoms with Crippen molar-refractivity contribution in [2.24, 2.45) is 0 Å². The molecule has 1 aliphatic heterocycles. The summed E-state index contributed by atoms with van der Waals surface area (Å²) in [7, 11) is 0. The summed E-state index contributed by atoms with van der Waals surface area (Å²) in [5, 5.41) is 3.21. The number of carbonyl (C=O) groups is 1. The number of pyridine rings is 1. The summed E-state index contributed by atoms with van der Waals surface area (Å²) in [6.07, 6.45) is 7.79.